The van der Waals surface area contributed by atoms with E-state index in [4.69, 9.17) is 9.26 Å². The summed E-state index contributed by atoms with van der Waals surface area (Å²) >= 11 is 0. The largest absolute Gasteiger partial charge is 0.497 e. The average molecular weight is 430 g/mol. The molecular weight excluding hydrogens is 398 g/mol. The molecule has 2 bridgehead atoms. The van der Waals surface area contributed by atoms with Crippen LogP contribution in [0.1, 0.15) is 61.4 Å². The zero-order valence-electron chi connectivity index (χ0n) is 18.9. The van der Waals surface area contributed by atoms with E-state index in [2.05, 4.69) is 64.0 Å². The van der Waals surface area contributed by atoms with Crippen LogP contribution >= 0.6 is 0 Å². The van der Waals surface area contributed by atoms with Crippen molar-refractivity contribution in [2.45, 2.75) is 50.9 Å². The van der Waals surface area contributed by atoms with Gasteiger partial charge in [0.05, 0.1) is 7.11 Å². The van der Waals surface area contributed by atoms with Crippen molar-refractivity contribution in [2.75, 3.05) is 19.0 Å². The molecule has 1 N–H and O–H groups in total. The molecule has 3 aliphatic carbocycles. The maximum atomic E-state index is 5.35. The van der Waals surface area contributed by atoms with E-state index >= 15 is 0 Å². The Balaban J connectivity index is 1.21. The molecule has 166 valence electrons. The predicted octanol–water partition coefficient (Wildman–Crippen LogP) is 6.26. The molecule has 0 spiro atoms. The van der Waals surface area contributed by atoms with Crippen molar-refractivity contribution in [1.82, 2.24) is 10.1 Å². The molecule has 0 unspecified atom stereocenters. The first kappa shape index (κ1) is 20.8. The van der Waals surface area contributed by atoms with E-state index in [1.165, 1.54) is 49.8 Å². The lowest BCUT2D eigenvalue weighted by Gasteiger charge is -2.54. The first-order valence-electron chi connectivity index (χ1n) is 11.6. The first-order valence-corrected chi connectivity index (χ1v) is 11.6. The topological polar surface area (TPSA) is 60.2 Å². The number of aryl methyl sites for hydroxylation is 1. The van der Waals surface area contributed by atoms with E-state index in [1.54, 1.807) is 7.11 Å². The maximum Gasteiger partial charge on any atom is 0.250 e. The van der Waals surface area contributed by atoms with E-state index in [0.29, 0.717) is 22.5 Å². The summed E-state index contributed by atoms with van der Waals surface area (Å²) in [5.41, 5.74) is 4.57. The van der Waals surface area contributed by atoms with Crippen molar-refractivity contribution in [3.05, 3.63) is 71.4 Å². The number of benzene rings is 2. The fourth-order valence-corrected chi connectivity index (χ4v) is 5.50. The summed E-state index contributed by atoms with van der Waals surface area (Å²) in [6.45, 7) is 2.87. The molecule has 0 saturated heterocycles. The van der Waals surface area contributed by atoms with Crippen LogP contribution in [0.4, 0.5) is 5.69 Å². The van der Waals surface area contributed by atoms with Crippen molar-refractivity contribution in [3.63, 3.8) is 0 Å². The van der Waals surface area contributed by atoms with E-state index in [9.17, 15) is 0 Å². The highest BCUT2D eigenvalue weighted by atomic mass is 16.5. The van der Waals surface area contributed by atoms with Gasteiger partial charge < -0.3 is 14.6 Å². The lowest BCUT2D eigenvalue weighted by atomic mass is 9.52. The molecule has 0 aliphatic heterocycles. The highest BCUT2D eigenvalue weighted by Gasteiger charge is 2.49. The van der Waals surface area contributed by atoms with Gasteiger partial charge in [-0.05, 0) is 97.7 Å². The first-order chi connectivity index (χ1) is 15.6. The number of fused-ring (bicyclic) bond motifs is 3. The number of nitrogens with one attached hydrogen (secondary N) is 1. The van der Waals surface area contributed by atoms with Gasteiger partial charge in [0.2, 0.25) is 0 Å². The highest BCUT2D eigenvalue weighted by molar-refractivity contribution is 5.68. The third-order valence-electron chi connectivity index (χ3n) is 7.62. The highest BCUT2D eigenvalue weighted by Crippen LogP contribution is 2.57. The Labute approximate surface area is 189 Å². The minimum atomic E-state index is 0.367. The third-order valence-corrected chi connectivity index (χ3v) is 7.62. The molecule has 1 aromatic heterocycles. The van der Waals surface area contributed by atoms with Gasteiger partial charge in [0.25, 0.3) is 5.89 Å². The molecular formula is C27H31N3O2. The Morgan fingerprint density at radius 3 is 2.41 bits per heavy atom. The second-order valence-electron chi connectivity index (χ2n) is 9.50. The molecule has 3 saturated carbocycles. The zero-order valence-corrected chi connectivity index (χ0v) is 18.9. The fourth-order valence-electron chi connectivity index (χ4n) is 5.50. The molecule has 0 atom stereocenters. The summed E-state index contributed by atoms with van der Waals surface area (Å²) in [4.78, 5) is 4.22. The van der Waals surface area contributed by atoms with E-state index < -0.39 is 0 Å². The lowest BCUT2D eigenvalue weighted by molar-refractivity contribution is 0.0506. The number of hydrogen-bond donors (Lipinski definition) is 1. The normalized spacial score (nSPS) is 24.7. The number of methoxy groups -OCH3 is 1. The quantitative estimate of drug-likeness (QED) is 0.480. The third kappa shape index (κ3) is 4.16. The Bertz CT molecular complexity index is 1080. The van der Waals surface area contributed by atoms with Crippen molar-refractivity contribution in [2.24, 2.45) is 5.41 Å². The zero-order chi connectivity index (χ0) is 22.0. The summed E-state index contributed by atoms with van der Waals surface area (Å²) in [6, 6.07) is 17.3. The van der Waals surface area contributed by atoms with Crippen LogP contribution in [0.25, 0.3) is 12.2 Å². The smallest absolute Gasteiger partial charge is 0.250 e. The van der Waals surface area contributed by atoms with Crippen LogP contribution in [-0.4, -0.2) is 23.8 Å². The molecule has 0 amide bonds. The van der Waals surface area contributed by atoms with Crippen LogP contribution < -0.4 is 10.1 Å². The standard InChI is InChI=1S/C27H31N3O2/c1-20-29-25(32-30-20)11-6-21-4-3-5-23(18-21)28-19-26-12-15-27(16-13-26,17-14-26)22-7-9-24(31-2)10-8-22/h3-11,18,28H,12-17,19H2,1-2H3. The monoisotopic (exact) mass is 429 g/mol. The molecule has 3 aliphatic rings. The Kier molecular flexibility index (Phi) is 5.50. The molecule has 32 heavy (non-hydrogen) atoms. The van der Waals surface area contributed by atoms with E-state index in [0.717, 1.165) is 17.9 Å². The Hall–Kier alpha value is -3.08. The Morgan fingerprint density at radius 1 is 1.00 bits per heavy atom. The van der Waals surface area contributed by atoms with Crippen LogP contribution in [0.3, 0.4) is 0 Å². The molecule has 5 nitrogen and oxygen atoms in total. The van der Waals surface area contributed by atoms with Crippen LogP contribution in [0.2, 0.25) is 0 Å². The summed E-state index contributed by atoms with van der Waals surface area (Å²) in [6.07, 6.45) is 11.6. The average Bonchev–Trinajstić information content (AvgIpc) is 3.28. The van der Waals surface area contributed by atoms with Crippen LogP contribution in [0.15, 0.2) is 53.1 Å². The van der Waals surface area contributed by atoms with Crippen molar-refractivity contribution < 1.29 is 9.26 Å². The molecule has 3 fully saturated rings. The molecule has 0 radical (unpaired) electrons. The van der Waals surface area contributed by atoms with Gasteiger partial charge in [-0.3, -0.25) is 0 Å². The van der Waals surface area contributed by atoms with Crippen molar-refractivity contribution in [3.8, 4) is 5.75 Å². The van der Waals surface area contributed by atoms with Crippen LogP contribution in [0.5, 0.6) is 5.75 Å². The van der Waals surface area contributed by atoms with Gasteiger partial charge in [-0.15, -0.1) is 0 Å². The predicted molar refractivity (Wildman–Crippen MR) is 128 cm³/mol. The molecule has 5 heteroatoms. The van der Waals surface area contributed by atoms with Gasteiger partial charge in [0, 0.05) is 18.3 Å². The lowest BCUT2D eigenvalue weighted by Crippen LogP contribution is -2.47. The van der Waals surface area contributed by atoms with Gasteiger partial charge in [0.1, 0.15) is 5.75 Å². The van der Waals surface area contributed by atoms with Gasteiger partial charge in [-0.25, -0.2) is 0 Å². The number of anilines is 1. The van der Waals surface area contributed by atoms with Crippen LogP contribution in [0, 0.1) is 12.3 Å². The second-order valence-corrected chi connectivity index (χ2v) is 9.50. The Morgan fingerprint density at radius 2 is 1.75 bits per heavy atom. The SMILES string of the molecule is COc1ccc(C23CCC(CNc4cccc(C=Cc5nc(C)no5)c4)(CC2)CC3)cc1. The summed E-state index contributed by atoms with van der Waals surface area (Å²) in [5.74, 6) is 2.12. The summed E-state index contributed by atoms with van der Waals surface area (Å²) in [7, 11) is 1.73. The molecule has 3 aromatic rings. The number of aromatic nitrogens is 2. The fraction of sp³-hybridized carbons (Fsp3) is 0.407. The van der Waals surface area contributed by atoms with Gasteiger partial charge in [0.15, 0.2) is 5.82 Å². The molecule has 2 aromatic carbocycles. The minimum Gasteiger partial charge on any atom is -0.497 e. The van der Waals surface area contributed by atoms with Crippen molar-refractivity contribution >= 4 is 17.8 Å². The van der Waals surface area contributed by atoms with E-state index in [-0.39, 0.29) is 0 Å². The van der Waals surface area contributed by atoms with Crippen molar-refractivity contribution in [1.29, 1.82) is 0 Å². The van der Waals surface area contributed by atoms with Crippen LogP contribution in [-0.2, 0) is 5.41 Å². The van der Waals surface area contributed by atoms with Gasteiger partial charge >= 0.3 is 0 Å². The number of rotatable bonds is 7. The number of hydrogen-bond acceptors (Lipinski definition) is 5. The second kappa shape index (κ2) is 8.45. The van der Waals surface area contributed by atoms with Gasteiger partial charge in [-0.2, -0.15) is 4.98 Å². The van der Waals surface area contributed by atoms with Gasteiger partial charge in [-0.1, -0.05) is 29.4 Å². The summed E-state index contributed by atoms with van der Waals surface area (Å²) < 4.78 is 10.5. The maximum absolute atomic E-state index is 5.35. The van der Waals surface area contributed by atoms with E-state index in [1.807, 2.05) is 19.1 Å². The molecule has 1 heterocycles. The number of nitrogens with zero attached hydrogens (tertiary/aromatic N) is 2. The minimum absolute atomic E-state index is 0.367. The molecule has 6 rings (SSSR count). The summed E-state index contributed by atoms with van der Waals surface area (Å²) in [5, 5.41) is 7.56. The number of ether oxygens (including phenoxy) is 1.